The van der Waals surface area contributed by atoms with Crippen LogP contribution in [0, 0.1) is 5.82 Å². The molecular formula is C16H17FN2O4S2. The molecule has 2 heterocycles. The van der Waals surface area contributed by atoms with E-state index in [4.69, 9.17) is 0 Å². The highest BCUT2D eigenvalue weighted by atomic mass is 32.2. The minimum Gasteiger partial charge on any atom is -0.263 e. The van der Waals surface area contributed by atoms with Crippen LogP contribution in [0.3, 0.4) is 0 Å². The first-order valence-corrected chi connectivity index (χ1v) is 10.7. The van der Waals surface area contributed by atoms with Gasteiger partial charge < -0.3 is 0 Å². The van der Waals surface area contributed by atoms with E-state index in [1.165, 1.54) is 34.9 Å². The molecule has 1 aromatic carbocycles. The number of nitrogens with zero attached hydrogens (tertiary/aromatic N) is 2. The molecule has 0 N–H and O–H groups in total. The third kappa shape index (κ3) is 3.58. The number of piperidine rings is 1. The maximum absolute atomic E-state index is 13.0. The highest BCUT2D eigenvalue weighted by Crippen LogP contribution is 2.27. The molecule has 0 saturated carbocycles. The largest absolute Gasteiger partial charge is 0.263 e. The summed E-state index contributed by atoms with van der Waals surface area (Å²) in [4.78, 5) is 3.96. The van der Waals surface area contributed by atoms with Gasteiger partial charge in [0.2, 0.25) is 10.0 Å². The van der Waals surface area contributed by atoms with Crippen molar-refractivity contribution in [3.05, 3.63) is 54.6 Å². The van der Waals surface area contributed by atoms with Crippen molar-refractivity contribution >= 4 is 19.9 Å². The number of aromatic nitrogens is 1. The van der Waals surface area contributed by atoms with Crippen LogP contribution in [0.1, 0.15) is 12.8 Å². The standard InChI is InChI=1S/C16H17FN2O4S2/c17-13-3-5-14(6-4-13)24(20,21)15-7-10-19(11-8-15)25(22,23)16-2-1-9-18-12-16/h1-6,9,12,15H,7-8,10-11H2. The molecule has 9 heteroatoms. The van der Waals surface area contributed by atoms with Gasteiger partial charge in [-0.3, -0.25) is 4.98 Å². The zero-order valence-electron chi connectivity index (χ0n) is 13.2. The summed E-state index contributed by atoms with van der Waals surface area (Å²) in [6.45, 7) is 0.227. The van der Waals surface area contributed by atoms with Crippen LogP contribution in [0.5, 0.6) is 0 Å². The lowest BCUT2D eigenvalue weighted by Crippen LogP contribution is -2.42. The summed E-state index contributed by atoms with van der Waals surface area (Å²) >= 11 is 0. The first-order valence-electron chi connectivity index (χ1n) is 7.71. The van der Waals surface area contributed by atoms with Crippen molar-refractivity contribution in [1.82, 2.24) is 9.29 Å². The van der Waals surface area contributed by atoms with E-state index < -0.39 is 30.9 Å². The van der Waals surface area contributed by atoms with Gasteiger partial charge in [0, 0.05) is 25.5 Å². The van der Waals surface area contributed by atoms with E-state index in [2.05, 4.69) is 4.98 Å². The quantitative estimate of drug-likeness (QED) is 0.751. The summed E-state index contributed by atoms with van der Waals surface area (Å²) in [5.41, 5.74) is 0. The Kier molecular flexibility index (Phi) is 4.90. The predicted molar refractivity (Wildman–Crippen MR) is 89.6 cm³/mol. The summed E-state index contributed by atoms with van der Waals surface area (Å²) in [6.07, 6.45) is 3.15. The summed E-state index contributed by atoms with van der Waals surface area (Å²) in [7, 11) is -7.29. The number of rotatable bonds is 4. The minimum absolute atomic E-state index is 0.0578. The zero-order valence-corrected chi connectivity index (χ0v) is 14.9. The molecule has 25 heavy (non-hydrogen) atoms. The van der Waals surface area contributed by atoms with Crippen LogP contribution in [0.25, 0.3) is 0 Å². The van der Waals surface area contributed by atoms with Crippen molar-refractivity contribution in [2.75, 3.05) is 13.1 Å². The fourth-order valence-corrected chi connectivity index (χ4v) is 6.01. The highest BCUT2D eigenvalue weighted by Gasteiger charge is 2.35. The van der Waals surface area contributed by atoms with E-state index in [9.17, 15) is 21.2 Å². The Balaban J connectivity index is 1.75. The lowest BCUT2D eigenvalue weighted by molar-refractivity contribution is 0.345. The fraction of sp³-hybridized carbons (Fsp3) is 0.312. The van der Waals surface area contributed by atoms with Gasteiger partial charge in [0.15, 0.2) is 9.84 Å². The molecule has 0 bridgehead atoms. The number of hydrogen-bond acceptors (Lipinski definition) is 5. The summed E-state index contributed by atoms with van der Waals surface area (Å²) in [6, 6.07) is 7.69. The number of sulfonamides is 1. The zero-order chi connectivity index (χ0) is 18.1. The first-order chi connectivity index (χ1) is 11.8. The maximum atomic E-state index is 13.0. The molecule has 134 valence electrons. The third-order valence-electron chi connectivity index (χ3n) is 4.25. The van der Waals surface area contributed by atoms with E-state index in [-0.39, 0.29) is 35.7 Å². The Morgan fingerprint density at radius 3 is 2.16 bits per heavy atom. The molecule has 6 nitrogen and oxygen atoms in total. The minimum atomic E-state index is -3.67. The van der Waals surface area contributed by atoms with Crippen LogP contribution in [-0.2, 0) is 19.9 Å². The van der Waals surface area contributed by atoms with Crippen LogP contribution < -0.4 is 0 Å². The molecular weight excluding hydrogens is 367 g/mol. The van der Waals surface area contributed by atoms with Crippen molar-refractivity contribution in [1.29, 1.82) is 0 Å². The maximum Gasteiger partial charge on any atom is 0.244 e. The number of benzene rings is 1. The second-order valence-electron chi connectivity index (χ2n) is 5.79. The lowest BCUT2D eigenvalue weighted by atomic mass is 10.2. The van der Waals surface area contributed by atoms with Gasteiger partial charge in [-0.05, 0) is 49.2 Å². The topological polar surface area (TPSA) is 84.4 Å². The van der Waals surface area contributed by atoms with Gasteiger partial charge in [0.05, 0.1) is 10.1 Å². The normalized spacial score (nSPS) is 17.5. The Hall–Kier alpha value is -1.84. The van der Waals surface area contributed by atoms with Crippen molar-refractivity contribution in [3.8, 4) is 0 Å². The molecule has 3 rings (SSSR count). The molecule has 1 aliphatic rings. The summed E-state index contributed by atoms with van der Waals surface area (Å²) in [5.74, 6) is -0.503. The number of sulfone groups is 1. The van der Waals surface area contributed by atoms with Crippen molar-refractivity contribution < 1.29 is 21.2 Å². The molecule has 0 atom stereocenters. The Bertz CT molecular complexity index is 937. The van der Waals surface area contributed by atoms with Crippen molar-refractivity contribution in [2.45, 2.75) is 27.9 Å². The second-order valence-corrected chi connectivity index (χ2v) is 9.96. The molecule has 0 unspecified atom stereocenters. The molecule has 0 spiro atoms. The average Bonchev–Trinajstić information content (AvgIpc) is 2.63. The van der Waals surface area contributed by atoms with Gasteiger partial charge in [-0.2, -0.15) is 4.31 Å². The number of hydrogen-bond donors (Lipinski definition) is 0. The summed E-state index contributed by atoms with van der Waals surface area (Å²) in [5, 5.41) is -0.682. The molecule has 0 radical (unpaired) electrons. The van der Waals surface area contributed by atoms with Crippen LogP contribution in [0.2, 0.25) is 0 Å². The smallest absolute Gasteiger partial charge is 0.244 e. The summed E-state index contributed by atoms with van der Waals surface area (Å²) < 4.78 is 64.6. The molecule has 1 fully saturated rings. The van der Waals surface area contributed by atoms with E-state index in [1.807, 2.05) is 0 Å². The van der Waals surface area contributed by atoms with Crippen LogP contribution in [0.15, 0.2) is 58.6 Å². The fourth-order valence-electron chi connectivity index (χ4n) is 2.85. The Morgan fingerprint density at radius 2 is 1.60 bits per heavy atom. The lowest BCUT2D eigenvalue weighted by Gasteiger charge is -2.30. The van der Waals surface area contributed by atoms with Gasteiger partial charge in [-0.15, -0.1) is 0 Å². The van der Waals surface area contributed by atoms with Crippen molar-refractivity contribution in [2.24, 2.45) is 0 Å². The molecule has 0 amide bonds. The van der Waals surface area contributed by atoms with Gasteiger partial charge >= 0.3 is 0 Å². The second kappa shape index (κ2) is 6.81. The highest BCUT2D eigenvalue weighted by molar-refractivity contribution is 7.92. The van der Waals surface area contributed by atoms with E-state index in [0.717, 1.165) is 12.1 Å². The molecule has 1 aromatic heterocycles. The van der Waals surface area contributed by atoms with Crippen LogP contribution in [0.4, 0.5) is 4.39 Å². The van der Waals surface area contributed by atoms with Gasteiger partial charge in [0.25, 0.3) is 0 Å². The Labute approximate surface area is 146 Å². The number of halogens is 1. The van der Waals surface area contributed by atoms with Crippen molar-refractivity contribution in [3.63, 3.8) is 0 Å². The third-order valence-corrected chi connectivity index (χ3v) is 8.41. The van der Waals surface area contributed by atoms with E-state index >= 15 is 0 Å². The molecule has 1 aliphatic heterocycles. The monoisotopic (exact) mass is 384 g/mol. The van der Waals surface area contributed by atoms with Crippen LogP contribution >= 0.6 is 0 Å². The average molecular weight is 384 g/mol. The molecule has 2 aromatic rings. The Morgan fingerprint density at radius 1 is 0.960 bits per heavy atom. The van der Waals surface area contributed by atoms with Gasteiger partial charge in [-0.25, -0.2) is 21.2 Å². The predicted octanol–water partition coefficient (Wildman–Crippen LogP) is 1.85. The molecule has 1 saturated heterocycles. The first kappa shape index (κ1) is 18.0. The van der Waals surface area contributed by atoms with E-state index in [1.54, 1.807) is 6.07 Å². The molecule has 0 aliphatic carbocycles. The van der Waals surface area contributed by atoms with Gasteiger partial charge in [-0.1, -0.05) is 0 Å². The van der Waals surface area contributed by atoms with E-state index in [0.29, 0.717) is 0 Å². The number of pyridine rings is 1. The van der Waals surface area contributed by atoms with Crippen LogP contribution in [-0.4, -0.2) is 44.5 Å². The van der Waals surface area contributed by atoms with Gasteiger partial charge in [0.1, 0.15) is 10.7 Å². The SMILES string of the molecule is O=S(=O)(c1ccc(F)cc1)C1CCN(S(=O)(=O)c2cccnc2)CC1.